The van der Waals surface area contributed by atoms with Crippen LogP contribution in [0.15, 0.2) is 11.6 Å². The van der Waals surface area contributed by atoms with Crippen LogP contribution in [-0.2, 0) is 67.0 Å². The first-order chi connectivity index (χ1) is 52.7. The Morgan fingerprint density at radius 2 is 1.28 bits per heavy atom. The number of halogens is 8. The number of morpholine rings is 1. The second kappa shape index (κ2) is 37.6. The summed E-state index contributed by atoms with van der Waals surface area (Å²) in [6, 6.07) is -12.6. The first-order valence-corrected chi connectivity index (χ1v) is 40.4. The molecule has 34 heteroatoms. The molecule has 630 valence electrons. The zero-order chi connectivity index (χ0) is 82.3. The summed E-state index contributed by atoms with van der Waals surface area (Å²) in [5.41, 5.74) is -1.10. The lowest BCUT2D eigenvalue weighted by atomic mass is 9.74. The van der Waals surface area contributed by atoms with Crippen LogP contribution in [0.3, 0.4) is 0 Å². The number of hydrogen-bond donors (Lipinski definition) is 3. The van der Waals surface area contributed by atoms with Crippen molar-refractivity contribution in [3.8, 4) is 0 Å². The molecule has 112 heavy (non-hydrogen) atoms. The summed E-state index contributed by atoms with van der Waals surface area (Å²) in [7, 11) is 6.79. The quantitative estimate of drug-likeness (QED) is 0.135. The van der Waals surface area contributed by atoms with Crippen molar-refractivity contribution in [2.45, 2.75) is 274 Å². The lowest BCUT2D eigenvalue weighted by molar-refractivity contribution is -0.219. The van der Waals surface area contributed by atoms with E-state index in [9.17, 15) is 31.1 Å². The molecule has 5 heterocycles. The van der Waals surface area contributed by atoms with Gasteiger partial charge in [0.1, 0.15) is 78.2 Å². The van der Waals surface area contributed by atoms with Crippen LogP contribution in [0.5, 0.6) is 0 Å². The van der Waals surface area contributed by atoms with E-state index in [-0.39, 0.29) is 136 Å². The SMILES string of the molecule is CCO[C@@H]1C[C@H]2C(=O)NC3(CCC3)C(=O)N(C)[C@@H](C3CCCC3)C(=O)N(C)[C@H](C(=O)N3CCOCC3)CC(=O)N(C)[C@@H](CC(C)C)C(=O)N[C@@H]([C@@H](C)CC)C(=O)N3CC[C@H]3C(=O)N(C)[C@H]3CC(C)=CCN(C3=O)[C@@H](CC3CCC(C(F)(F)F)CC3)C(=O)N(C)CC(=O)N[C@@H](CCC3CC(F)C(C(F)(F)F)C(F)C3)C(=O)N2C1. The number of nitrogens with one attached hydrogen (secondary N) is 3. The van der Waals surface area contributed by atoms with Crippen LogP contribution in [-0.4, -0.2) is 300 Å². The normalized spacial score (nSPS) is 32.9. The third kappa shape index (κ3) is 20.3. The van der Waals surface area contributed by atoms with Crippen molar-refractivity contribution >= 4 is 70.9 Å². The molecule has 26 nitrogen and oxygen atoms in total. The van der Waals surface area contributed by atoms with Gasteiger partial charge in [-0.25, -0.2) is 8.78 Å². The lowest BCUT2D eigenvalue weighted by Gasteiger charge is -2.47. The Balaban J connectivity index is 1.12. The number of rotatable bonds is 13. The second-order valence-corrected chi connectivity index (χ2v) is 33.7. The van der Waals surface area contributed by atoms with Crippen molar-refractivity contribution in [1.29, 1.82) is 0 Å². The van der Waals surface area contributed by atoms with Gasteiger partial charge in [0.15, 0.2) is 0 Å². The van der Waals surface area contributed by atoms with Gasteiger partial charge in [-0.1, -0.05) is 58.6 Å². The summed E-state index contributed by atoms with van der Waals surface area (Å²) in [6.45, 7) is 9.79. The summed E-state index contributed by atoms with van der Waals surface area (Å²) in [5.74, 6) is -16.8. The van der Waals surface area contributed by atoms with Crippen molar-refractivity contribution < 1.29 is 102 Å². The molecular weight excluding hydrogens is 1480 g/mol. The molecule has 5 aliphatic heterocycles. The van der Waals surface area contributed by atoms with Gasteiger partial charge in [0.2, 0.25) is 70.9 Å². The van der Waals surface area contributed by atoms with Crippen LogP contribution in [0.25, 0.3) is 0 Å². The summed E-state index contributed by atoms with van der Waals surface area (Å²) in [6.07, 6.45) is -14.9. The van der Waals surface area contributed by atoms with Gasteiger partial charge in [-0.3, -0.25) is 57.5 Å². The Hall–Kier alpha value is -7.26. The molecule has 9 aliphatic rings. The number of carbonyl (C=O) groups excluding carboxylic acids is 12. The maximum atomic E-state index is 15.8. The average Bonchev–Trinajstić information content (AvgIpc) is 1.14. The maximum absolute atomic E-state index is 15.8. The Morgan fingerprint density at radius 1 is 0.634 bits per heavy atom. The summed E-state index contributed by atoms with van der Waals surface area (Å²) in [4.78, 5) is 195. The minimum Gasteiger partial charge on any atom is -0.378 e. The highest BCUT2D eigenvalue weighted by Crippen LogP contribution is 2.46. The molecule has 2 unspecified atom stereocenters. The molecule has 9 rings (SSSR count). The number of fused-ring (bicyclic) bond motifs is 4. The minimum absolute atomic E-state index is 0.00624. The monoisotopic (exact) mass is 1600 g/mol. The molecule has 2 bridgehead atoms. The van der Waals surface area contributed by atoms with Crippen molar-refractivity contribution in [2.24, 2.45) is 41.4 Å². The molecule has 8 fully saturated rings. The predicted molar refractivity (Wildman–Crippen MR) is 392 cm³/mol. The summed E-state index contributed by atoms with van der Waals surface area (Å²) < 4.78 is 127. The molecular formula is C78H118F8N12O14. The number of likely N-dealkylation sites (N-methyl/N-ethyl adjacent to an activating group) is 5. The lowest BCUT2D eigenvalue weighted by Crippen LogP contribution is -2.68. The molecule has 3 N–H and O–H groups in total. The van der Waals surface area contributed by atoms with Crippen molar-refractivity contribution in [3.05, 3.63) is 11.6 Å². The van der Waals surface area contributed by atoms with Crippen LogP contribution in [0.1, 0.15) is 183 Å². The average molecular weight is 1600 g/mol. The van der Waals surface area contributed by atoms with Crippen molar-refractivity contribution in [2.75, 3.05) is 94.3 Å². The molecule has 13 atom stereocenters. The Morgan fingerprint density at radius 3 is 1.84 bits per heavy atom. The topological polar surface area (TPSA) is 289 Å². The zero-order valence-electron chi connectivity index (χ0n) is 66.7. The Kier molecular flexibility index (Phi) is 29.7. The maximum Gasteiger partial charge on any atom is 0.397 e. The molecule has 0 aromatic heterocycles. The van der Waals surface area contributed by atoms with E-state index in [1.54, 1.807) is 33.8 Å². The van der Waals surface area contributed by atoms with E-state index >= 15 is 61.5 Å². The second-order valence-electron chi connectivity index (χ2n) is 33.7. The van der Waals surface area contributed by atoms with Gasteiger partial charge in [-0.15, -0.1) is 0 Å². The Labute approximate surface area is 651 Å². The van der Waals surface area contributed by atoms with Gasteiger partial charge in [0, 0.05) is 81.0 Å². The third-order valence-electron chi connectivity index (χ3n) is 25.7. The molecule has 0 aromatic rings. The van der Waals surface area contributed by atoms with E-state index in [1.165, 1.54) is 69.5 Å². The molecule has 0 aromatic carbocycles. The highest BCUT2D eigenvalue weighted by Gasteiger charge is 2.57. The van der Waals surface area contributed by atoms with Crippen LogP contribution in [0, 0.1) is 41.4 Å². The summed E-state index contributed by atoms with van der Waals surface area (Å²) >= 11 is 0. The molecule has 1 spiro atoms. The third-order valence-corrected chi connectivity index (χ3v) is 25.7. The van der Waals surface area contributed by atoms with E-state index < -0.39 is 229 Å². The fourth-order valence-corrected chi connectivity index (χ4v) is 18.4. The first-order valence-electron chi connectivity index (χ1n) is 40.4. The standard InChI is InChI=1S/C78H118F8N12O14/c1-12-46(6)64-73(108)96-30-26-55(96)70(105)92(9)58-36-45(5)25-29-97(72(58)107)60(39-47-19-22-50(23-20-47)77(81,82)83)69(104)90(7)43-61(99)87-54(24-21-48-37-52(79)63(53(80)38-48)78(84,85)86)68(103)98-42-51(112-13-2)40-57(98)67(102)89-76(27-16-28-76)75(110)94(11)65(49-17-14-15-18-49)74(109)93(10)59(71(106)95-31-33-111-34-32-95)41-62(100)91(8)56(35-44(3)4)66(101)88-64/h25,44,46-60,63-65H,12-24,26-43H2,1-11H3,(H,87,99)(H,88,101)(H,89,102)/t46-,47?,48?,50?,51+,52?,53?,54-,55-,56-,57-,58-,59-,60-,63?,64-,65-/m0/s1. The van der Waals surface area contributed by atoms with Crippen molar-refractivity contribution in [1.82, 2.24) is 60.0 Å². The van der Waals surface area contributed by atoms with Crippen LogP contribution < -0.4 is 16.0 Å². The fraction of sp³-hybridized carbons (Fsp3) is 0.821. The van der Waals surface area contributed by atoms with E-state index in [4.69, 9.17) is 9.47 Å². The van der Waals surface area contributed by atoms with E-state index in [2.05, 4.69) is 16.0 Å². The summed E-state index contributed by atoms with van der Waals surface area (Å²) in [5, 5.41) is 8.51. The molecule has 0 radical (unpaired) electrons. The highest BCUT2D eigenvalue weighted by molar-refractivity contribution is 6.01. The minimum atomic E-state index is -5.22. The van der Waals surface area contributed by atoms with E-state index in [0.29, 0.717) is 44.1 Å². The smallest absolute Gasteiger partial charge is 0.378 e. The molecule has 4 saturated heterocycles. The van der Waals surface area contributed by atoms with Gasteiger partial charge >= 0.3 is 12.4 Å². The highest BCUT2D eigenvalue weighted by atomic mass is 19.4. The van der Waals surface area contributed by atoms with Gasteiger partial charge < -0.3 is 69.5 Å². The van der Waals surface area contributed by atoms with E-state index in [1.807, 2.05) is 13.8 Å². The van der Waals surface area contributed by atoms with E-state index in [0.717, 1.165) is 9.80 Å². The van der Waals surface area contributed by atoms with Crippen molar-refractivity contribution in [3.63, 3.8) is 0 Å². The number of alkyl halides is 8. The molecule has 4 aliphatic carbocycles. The fourth-order valence-electron chi connectivity index (χ4n) is 18.4. The van der Waals surface area contributed by atoms with Crippen LogP contribution >= 0.6 is 0 Å². The first kappa shape index (κ1) is 88.7. The zero-order valence-corrected chi connectivity index (χ0v) is 66.7. The van der Waals surface area contributed by atoms with Gasteiger partial charge in [-0.2, -0.15) is 26.3 Å². The molecule has 4 saturated carbocycles. The Bertz CT molecular complexity index is 3430. The number of carbonyl (C=O) groups is 12. The van der Waals surface area contributed by atoms with Crippen LogP contribution in [0.2, 0.25) is 0 Å². The van der Waals surface area contributed by atoms with Gasteiger partial charge in [0.05, 0.1) is 38.2 Å². The number of hydrogen-bond acceptors (Lipinski definition) is 14. The predicted octanol–water partition coefficient (Wildman–Crippen LogP) is 6.26. The van der Waals surface area contributed by atoms with Gasteiger partial charge in [0.25, 0.3) is 0 Å². The number of nitrogens with zero attached hydrogens (tertiary/aromatic N) is 9. The largest absolute Gasteiger partial charge is 0.397 e. The number of ether oxygens (including phenoxy) is 2. The number of amides is 12. The molecule has 12 amide bonds. The van der Waals surface area contributed by atoms with Gasteiger partial charge in [-0.05, 0) is 153 Å². The van der Waals surface area contributed by atoms with Crippen LogP contribution in [0.4, 0.5) is 35.1 Å².